The molecule has 2 atom stereocenters. The van der Waals surface area contributed by atoms with Gasteiger partial charge in [0.05, 0.1) is 13.2 Å². The lowest BCUT2D eigenvalue weighted by molar-refractivity contribution is -0.168. The monoisotopic (exact) mass is 198 g/mol. The van der Waals surface area contributed by atoms with Gasteiger partial charge in [0.15, 0.2) is 0 Å². The van der Waals surface area contributed by atoms with Crippen LogP contribution in [0.5, 0.6) is 0 Å². The van der Waals surface area contributed by atoms with Gasteiger partial charge in [-0.15, -0.1) is 0 Å². The Kier molecular flexibility index (Phi) is 2.82. The summed E-state index contributed by atoms with van der Waals surface area (Å²) in [6, 6.07) is 0.300. The Labute approximate surface area is 86.6 Å². The number of hydrogen-bond acceptors (Lipinski definition) is 3. The fourth-order valence-corrected chi connectivity index (χ4v) is 2.67. The zero-order valence-electron chi connectivity index (χ0n) is 9.33. The molecule has 2 heterocycles. The minimum atomic E-state index is 0.300. The van der Waals surface area contributed by atoms with Crippen LogP contribution in [0.3, 0.4) is 0 Å². The van der Waals surface area contributed by atoms with Gasteiger partial charge in [-0.2, -0.15) is 0 Å². The number of nitrogens with two attached hydrogens (primary N) is 1. The van der Waals surface area contributed by atoms with Crippen molar-refractivity contribution in [2.75, 3.05) is 32.8 Å². The summed E-state index contributed by atoms with van der Waals surface area (Å²) in [5.74, 6) is 0.767. The third-order valence-electron chi connectivity index (χ3n) is 3.83. The minimum Gasteiger partial charge on any atom is -0.380 e. The molecule has 0 amide bonds. The van der Waals surface area contributed by atoms with Gasteiger partial charge in [-0.25, -0.2) is 0 Å². The van der Waals surface area contributed by atoms with Crippen LogP contribution >= 0.6 is 0 Å². The van der Waals surface area contributed by atoms with Crippen LogP contribution in [0, 0.1) is 11.3 Å². The highest BCUT2D eigenvalue weighted by atomic mass is 16.5. The predicted octanol–water partition coefficient (Wildman–Crippen LogP) is 0.692. The van der Waals surface area contributed by atoms with Crippen LogP contribution in [-0.4, -0.2) is 43.8 Å². The topological polar surface area (TPSA) is 38.5 Å². The van der Waals surface area contributed by atoms with Gasteiger partial charge in [-0.3, -0.25) is 0 Å². The van der Waals surface area contributed by atoms with Gasteiger partial charge in [0.2, 0.25) is 0 Å². The molecule has 2 unspecified atom stereocenters. The summed E-state index contributed by atoms with van der Waals surface area (Å²) in [5, 5.41) is 0. The maximum atomic E-state index is 5.82. The van der Waals surface area contributed by atoms with Crippen molar-refractivity contribution in [1.82, 2.24) is 4.90 Å². The van der Waals surface area contributed by atoms with E-state index in [1.54, 1.807) is 0 Å². The van der Waals surface area contributed by atoms with E-state index in [-0.39, 0.29) is 0 Å². The second-order valence-electron chi connectivity index (χ2n) is 5.24. The number of hydrogen-bond donors (Lipinski definition) is 1. The van der Waals surface area contributed by atoms with Gasteiger partial charge < -0.3 is 15.4 Å². The summed E-state index contributed by atoms with van der Waals surface area (Å²) in [5.41, 5.74) is 6.34. The highest BCUT2D eigenvalue weighted by Gasteiger charge is 2.46. The predicted molar refractivity (Wildman–Crippen MR) is 57.1 cm³/mol. The Morgan fingerprint density at radius 3 is 2.71 bits per heavy atom. The SMILES string of the molecule is CC(N)CN1CCC2(COC2)C(C)C1. The molecule has 1 spiro atoms. The smallest absolute Gasteiger partial charge is 0.0548 e. The second kappa shape index (κ2) is 3.80. The van der Waals surface area contributed by atoms with E-state index >= 15 is 0 Å². The fourth-order valence-electron chi connectivity index (χ4n) is 2.67. The van der Waals surface area contributed by atoms with E-state index in [1.165, 1.54) is 19.5 Å². The van der Waals surface area contributed by atoms with Gasteiger partial charge >= 0.3 is 0 Å². The first-order valence-corrected chi connectivity index (χ1v) is 5.68. The fraction of sp³-hybridized carbons (Fsp3) is 1.00. The van der Waals surface area contributed by atoms with Crippen molar-refractivity contribution >= 4 is 0 Å². The van der Waals surface area contributed by atoms with Gasteiger partial charge in [0.1, 0.15) is 0 Å². The Hall–Kier alpha value is -0.120. The van der Waals surface area contributed by atoms with E-state index in [2.05, 4.69) is 18.7 Å². The number of ether oxygens (including phenoxy) is 1. The van der Waals surface area contributed by atoms with Crippen molar-refractivity contribution in [3.63, 3.8) is 0 Å². The summed E-state index contributed by atoms with van der Waals surface area (Å²) in [7, 11) is 0. The molecule has 0 aliphatic carbocycles. The summed E-state index contributed by atoms with van der Waals surface area (Å²) in [4.78, 5) is 2.50. The van der Waals surface area contributed by atoms with Crippen LogP contribution < -0.4 is 5.73 Å². The van der Waals surface area contributed by atoms with Crippen molar-refractivity contribution < 1.29 is 4.74 Å². The van der Waals surface area contributed by atoms with E-state index < -0.39 is 0 Å². The van der Waals surface area contributed by atoms with Crippen LogP contribution in [0.4, 0.5) is 0 Å². The molecule has 0 bridgehead atoms. The Balaban J connectivity index is 1.86. The van der Waals surface area contributed by atoms with Crippen molar-refractivity contribution in [3.05, 3.63) is 0 Å². The third-order valence-corrected chi connectivity index (χ3v) is 3.83. The molecule has 2 fully saturated rings. The highest BCUT2D eigenvalue weighted by Crippen LogP contribution is 2.42. The molecule has 0 aromatic rings. The molecule has 3 nitrogen and oxygen atoms in total. The number of piperidine rings is 1. The molecule has 2 saturated heterocycles. The van der Waals surface area contributed by atoms with Crippen molar-refractivity contribution in [2.24, 2.45) is 17.1 Å². The molecule has 3 heteroatoms. The van der Waals surface area contributed by atoms with E-state index in [0.717, 1.165) is 25.7 Å². The molecule has 0 saturated carbocycles. The number of likely N-dealkylation sites (tertiary alicyclic amines) is 1. The lowest BCUT2D eigenvalue weighted by Crippen LogP contribution is -2.57. The van der Waals surface area contributed by atoms with Crippen LogP contribution in [-0.2, 0) is 4.74 Å². The van der Waals surface area contributed by atoms with Crippen molar-refractivity contribution in [2.45, 2.75) is 26.3 Å². The van der Waals surface area contributed by atoms with Gasteiger partial charge in [0.25, 0.3) is 0 Å². The number of rotatable bonds is 2. The van der Waals surface area contributed by atoms with Crippen LogP contribution in [0.25, 0.3) is 0 Å². The van der Waals surface area contributed by atoms with E-state index in [1.807, 2.05) is 0 Å². The second-order valence-corrected chi connectivity index (χ2v) is 5.24. The third kappa shape index (κ3) is 1.81. The average Bonchev–Trinajstić information content (AvgIpc) is 2.00. The zero-order valence-corrected chi connectivity index (χ0v) is 9.33. The van der Waals surface area contributed by atoms with Gasteiger partial charge in [-0.1, -0.05) is 6.92 Å². The quantitative estimate of drug-likeness (QED) is 0.709. The largest absolute Gasteiger partial charge is 0.380 e. The normalized spacial score (nSPS) is 34.1. The summed E-state index contributed by atoms with van der Waals surface area (Å²) >= 11 is 0. The molecular weight excluding hydrogens is 176 g/mol. The van der Waals surface area contributed by atoms with Crippen molar-refractivity contribution in [3.8, 4) is 0 Å². The van der Waals surface area contributed by atoms with E-state index in [4.69, 9.17) is 10.5 Å². The summed E-state index contributed by atoms with van der Waals surface area (Å²) < 4.78 is 5.36. The molecule has 2 aliphatic heterocycles. The van der Waals surface area contributed by atoms with E-state index in [0.29, 0.717) is 11.5 Å². The van der Waals surface area contributed by atoms with E-state index in [9.17, 15) is 0 Å². The molecule has 0 aromatic heterocycles. The standard InChI is InChI=1S/C11H22N2O/c1-9-5-13(6-10(2)12)4-3-11(9)7-14-8-11/h9-10H,3-8,12H2,1-2H3. The summed E-state index contributed by atoms with van der Waals surface area (Å²) in [6.45, 7) is 9.86. The van der Waals surface area contributed by atoms with Crippen LogP contribution in [0.2, 0.25) is 0 Å². The molecule has 0 radical (unpaired) electrons. The molecule has 2 rings (SSSR count). The zero-order chi connectivity index (χ0) is 10.2. The Bertz CT molecular complexity index is 201. The average molecular weight is 198 g/mol. The number of nitrogens with zero attached hydrogens (tertiary/aromatic N) is 1. The molecule has 82 valence electrons. The molecular formula is C11H22N2O. The first-order chi connectivity index (χ1) is 6.62. The van der Waals surface area contributed by atoms with Crippen LogP contribution in [0.15, 0.2) is 0 Å². The maximum Gasteiger partial charge on any atom is 0.0548 e. The van der Waals surface area contributed by atoms with Crippen LogP contribution in [0.1, 0.15) is 20.3 Å². The Morgan fingerprint density at radius 1 is 1.57 bits per heavy atom. The molecule has 14 heavy (non-hydrogen) atoms. The maximum absolute atomic E-state index is 5.82. The molecule has 0 aromatic carbocycles. The van der Waals surface area contributed by atoms with Gasteiger partial charge in [-0.05, 0) is 25.8 Å². The molecule has 2 N–H and O–H groups in total. The first kappa shape index (κ1) is 10.4. The van der Waals surface area contributed by atoms with Gasteiger partial charge in [0, 0.05) is 24.5 Å². The minimum absolute atomic E-state index is 0.300. The molecule has 2 aliphatic rings. The summed E-state index contributed by atoms with van der Waals surface area (Å²) in [6.07, 6.45) is 1.29. The lowest BCUT2D eigenvalue weighted by Gasteiger charge is -2.52. The Morgan fingerprint density at radius 2 is 2.29 bits per heavy atom. The lowest BCUT2D eigenvalue weighted by atomic mass is 9.69. The first-order valence-electron chi connectivity index (χ1n) is 5.68. The van der Waals surface area contributed by atoms with Crippen molar-refractivity contribution in [1.29, 1.82) is 0 Å². The highest BCUT2D eigenvalue weighted by molar-refractivity contribution is 4.95.